The van der Waals surface area contributed by atoms with E-state index in [1.807, 2.05) is 20.8 Å². The van der Waals surface area contributed by atoms with Crippen molar-refractivity contribution in [3.8, 4) is 5.75 Å². The van der Waals surface area contributed by atoms with Crippen molar-refractivity contribution < 1.29 is 14.4 Å². The van der Waals surface area contributed by atoms with E-state index in [4.69, 9.17) is 32.8 Å². The van der Waals surface area contributed by atoms with Crippen LogP contribution in [0.25, 0.3) is 0 Å². The van der Waals surface area contributed by atoms with Gasteiger partial charge in [-0.2, -0.15) is 0 Å². The van der Waals surface area contributed by atoms with Crippen LogP contribution in [-0.4, -0.2) is 18.6 Å². The van der Waals surface area contributed by atoms with Gasteiger partial charge < -0.3 is 4.74 Å². The van der Waals surface area contributed by atoms with Crippen LogP contribution in [0.2, 0.25) is 10.0 Å². The Morgan fingerprint density at radius 1 is 1.22 bits per heavy atom. The van der Waals surface area contributed by atoms with Crippen molar-refractivity contribution in [2.75, 3.05) is 7.11 Å². The van der Waals surface area contributed by atoms with E-state index in [0.29, 0.717) is 11.3 Å². The summed E-state index contributed by atoms with van der Waals surface area (Å²) in [6.07, 6.45) is 0. The fraction of sp³-hybridized carbons (Fsp3) is 0.417. The molecule has 0 spiro atoms. The Labute approximate surface area is 116 Å². The lowest BCUT2D eigenvalue weighted by Gasteiger charge is -2.19. The second-order valence-corrected chi connectivity index (χ2v) is 5.43. The van der Waals surface area contributed by atoms with E-state index in [-0.39, 0.29) is 10.0 Å². The van der Waals surface area contributed by atoms with Crippen LogP contribution in [0.4, 0.5) is 0 Å². The fourth-order valence-corrected chi connectivity index (χ4v) is 1.79. The number of carbonyl (C=O) groups excluding carboxylic acids is 1. The number of ether oxygens (including phenoxy) is 1. The lowest BCUT2D eigenvalue weighted by Crippen LogP contribution is -2.33. The van der Waals surface area contributed by atoms with Gasteiger partial charge in [0, 0.05) is 5.56 Å². The minimum Gasteiger partial charge on any atom is -0.494 e. The number of carbonyl (C=O) groups is 1. The lowest BCUT2D eigenvalue weighted by molar-refractivity contribution is -0.0589. The minimum atomic E-state index is -0.476. The fourth-order valence-electron chi connectivity index (χ4n) is 1.14. The summed E-state index contributed by atoms with van der Waals surface area (Å²) in [5, 5.41) is 0.539. The number of halogens is 2. The van der Waals surface area contributed by atoms with Crippen LogP contribution < -0.4 is 10.2 Å². The normalized spacial score (nSPS) is 11.2. The average molecular weight is 292 g/mol. The number of nitrogens with one attached hydrogen (secondary N) is 1. The Morgan fingerprint density at radius 3 is 2.11 bits per heavy atom. The summed E-state index contributed by atoms with van der Waals surface area (Å²) >= 11 is 11.9. The smallest absolute Gasteiger partial charge is 0.274 e. The zero-order valence-electron chi connectivity index (χ0n) is 10.6. The third-order valence-corrected chi connectivity index (χ3v) is 2.48. The van der Waals surface area contributed by atoms with Crippen LogP contribution in [0.1, 0.15) is 31.1 Å². The van der Waals surface area contributed by atoms with Crippen molar-refractivity contribution in [3.05, 3.63) is 27.7 Å². The molecule has 1 rings (SSSR count). The molecule has 1 aromatic rings. The topological polar surface area (TPSA) is 47.6 Å². The summed E-state index contributed by atoms with van der Waals surface area (Å²) in [6, 6.07) is 2.93. The van der Waals surface area contributed by atoms with Crippen LogP contribution in [0, 0.1) is 0 Å². The van der Waals surface area contributed by atoms with Crippen LogP contribution in [0.5, 0.6) is 5.75 Å². The second-order valence-electron chi connectivity index (χ2n) is 4.62. The Morgan fingerprint density at radius 2 is 1.72 bits per heavy atom. The number of methoxy groups -OCH3 is 1. The van der Waals surface area contributed by atoms with Crippen molar-refractivity contribution in [1.82, 2.24) is 5.48 Å². The maximum absolute atomic E-state index is 11.8. The molecule has 0 fully saturated rings. The predicted octanol–water partition coefficient (Wildman–Crippen LogP) is 3.46. The van der Waals surface area contributed by atoms with Crippen molar-refractivity contribution in [2.24, 2.45) is 0 Å². The van der Waals surface area contributed by atoms with E-state index in [9.17, 15) is 4.79 Å². The van der Waals surface area contributed by atoms with Crippen molar-refractivity contribution in [3.63, 3.8) is 0 Å². The first kappa shape index (κ1) is 15.1. The largest absolute Gasteiger partial charge is 0.494 e. The predicted molar refractivity (Wildman–Crippen MR) is 71.3 cm³/mol. The number of amides is 1. The molecule has 6 heteroatoms. The highest BCUT2D eigenvalue weighted by atomic mass is 35.5. The van der Waals surface area contributed by atoms with E-state index in [0.717, 1.165) is 0 Å². The van der Waals surface area contributed by atoms with Crippen molar-refractivity contribution in [2.45, 2.75) is 26.4 Å². The van der Waals surface area contributed by atoms with Gasteiger partial charge in [0.05, 0.1) is 22.8 Å². The molecular formula is C12H15Cl2NO3. The van der Waals surface area contributed by atoms with Crippen LogP contribution in [-0.2, 0) is 4.84 Å². The Bertz CT molecular complexity index is 432. The summed E-state index contributed by atoms with van der Waals surface area (Å²) in [5.41, 5.74) is 2.16. The number of rotatable bonds is 3. The molecule has 0 aliphatic carbocycles. The quantitative estimate of drug-likeness (QED) is 0.868. The molecule has 0 heterocycles. The molecule has 0 saturated carbocycles. The number of hydrogen-bond acceptors (Lipinski definition) is 3. The molecular weight excluding hydrogens is 277 g/mol. The molecule has 0 atom stereocenters. The van der Waals surface area contributed by atoms with E-state index in [1.54, 1.807) is 0 Å². The second kappa shape index (κ2) is 5.78. The molecule has 0 aliphatic heterocycles. The molecule has 1 aromatic carbocycles. The van der Waals surface area contributed by atoms with Crippen LogP contribution in [0.3, 0.4) is 0 Å². The summed E-state index contributed by atoms with van der Waals surface area (Å²) < 4.78 is 5.00. The highest BCUT2D eigenvalue weighted by Gasteiger charge is 2.16. The van der Waals surface area contributed by atoms with Gasteiger partial charge >= 0.3 is 0 Å². The van der Waals surface area contributed by atoms with E-state index < -0.39 is 11.5 Å². The zero-order valence-corrected chi connectivity index (χ0v) is 12.1. The van der Waals surface area contributed by atoms with Gasteiger partial charge in [-0.1, -0.05) is 23.2 Å². The summed E-state index contributed by atoms with van der Waals surface area (Å²) in [4.78, 5) is 17.0. The van der Waals surface area contributed by atoms with Gasteiger partial charge in [0.25, 0.3) is 5.91 Å². The average Bonchev–Trinajstić information content (AvgIpc) is 2.24. The van der Waals surface area contributed by atoms with Gasteiger partial charge in [0.15, 0.2) is 5.75 Å². The maximum Gasteiger partial charge on any atom is 0.274 e. The maximum atomic E-state index is 11.8. The zero-order chi connectivity index (χ0) is 13.9. The standard InChI is InChI=1S/C12H15Cl2NO3/c1-12(2,3)18-15-11(16)7-5-8(13)10(17-4)9(14)6-7/h5-6H,1-4H3,(H,15,16). The molecule has 0 aliphatic rings. The van der Waals surface area contributed by atoms with Gasteiger partial charge in [-0.3, -0.25) is 9.63 Å². The third kappa shape index (κ3) is 4.05. The Kier molecular flexibility index (Phi) is 4.85. The van der Waals surface area contributed by atoms with E-state index in [1.165, 1.54) is 19.2 Å². The first-order valence-corrected chi connectivity index (χ1v) is 6.01. The lowest BCUT2D eigenvalue weighted by atomic mass is 10.2. The first-order valence-electron chi connectivity index (χ1n) is 5.26. The number of hydroxylamine groups is 1. The molecule has 0 radical (unpaired) electrons. The molecule has 100 valence electrons. The molecule has 0 unspecified atom stereocenters. The van der Waals surface area contributed by atoms with Crippen molar-refractivity contribution in [1.29, 1.82) is 0 Å². The Hall–Kier alpha value is -0.970. The van der Waals surface area contributed by atoms with Crippen molar-refractivity contribution >= 4 is 29.1 Å². The SMILES string of the molecule is COc1c(Cl)cc(C(=O)NOC(C)(C)C)cc1Cl. The molecule has 1 N–H and O–H groups in total. The summed E-state index contributed by atoms with van der Waals surface area (Å²) in [6.45, 7) is 5.46. The van der Waals surface area contributed by atoms with Crippen LogP contribution in [0.15, 0.2) is 12.1 Å². The van der Waals surface area contributed by atoms with Gasteiger partial charge in [0.2, 0.25) is 0 Å². The molecule has 0 bridgehead atoms. The molecule has 18 heavy (non-hydrogen) atoms. The van der Waals surface area contributed by atoms with Gasteiger partial charge in [-0.15, -0.1) is 0 Å². The number of benzene rings is 1. The van der Waals surface area contributed by atoms with Gasteiger partial charge in [-0.25, -0.2) is 5.48 Å². The molecule has 4 nitrogen and oxygen atoms in total. The Balaban J connectivity index is 2.88. The van der Waals surface area contributed by atoms with E-state index >= 15 is 0 Å². The minimum absolute atomic E-state index is 0.269. The monoisotopic (exact) mass is 291 g/mol. The van der Waals surface area contributed by atoms with Crippen LogP contribution >= 0.6 is 23.2 Å². The molecule has 0 saturated heterocycles. The first-order chi connectivity index (χ1) is 8.24. The highest BCUT2D eigenvalue weighted by molar-refractivity contribution is 6.37. The van der Waals surface area contributed by atoms with E-state index in [2.05, 4.69) is 5.48 Å². The number of hydrogen-bond donors (Lipinski definition) is 1. The molecule has 0 aromatic heterocycles. The molecule has 1 amide bonds. The highest BCUT2D eigenvalue weighted by Crippen LogP contribution is 2.33. The summed E-state index contributed by atoms with van der Waals surface area (Å²) in [5.74, 6) is -0.0806. The van der Waals surface area contributed by atoms with Gasteiger partial charge in [0.1, 0.15) is 0 Å². The van der Waals surface area contributed by atoms with Gasteiger partial charge in [-0.05, 0) is 32.9 Å². The summed E-state index contributed by atoms with van der Waals surface area (Å²) in [7, 11) is 1.45. The third-order valence-electron chi connectivity index (χ3n) is 1.91.